The zero-order valence-corrected chi connectivity index (χ0v) is 17.0. The Hall–Kier alpha value is -2.94. The maximum absolute atomic E-state index is 2.40. The van der Waals surface area contributed by atoms with E-state index in [-0.39, 0.29) is 0 Å². The number of hydrogen-bond acceptors (Lipinski definition) is 1. The van der Waals surface area contributed by atoms with Crippen molar-refractivity contribution in [3.63, 3.8) is 0 Å². The molecule has 0 fully saturated rings. The van der Waals surface area contributed by atoms with E-state index in [4.69, 9.17) is 0 Å². The fourth-order valence-corrected chi connectivity index (χ4v) is 13.2. The van der Waals surface area contributed by atoms with E-state index in [9.17, 15) is 0 Å². The maximum atomic E-state index is 2.40. The maximum Gasteiger partial charge on any atom is 0.183 e. The van der Waals surface area contributed by atoms with Crippen molar-refractivity contribution in [1.29, 1.82) is 0 Å². The van der Waals surface area contributed by atoms with Crippen molar-refractivity contribution >= 4 is 50.2 Å². The van der Waals surface area contributed by atoms with Crippen LogP contribution in [0.25, 0.3) is 31.7 Å². The minimum absolute atomic E-state index is 1.41. The molecule has 0 atom stereocenters. The van der Waals surface area contributed by atoms with Crippen LogP contribution < -0.4 is 20.7 Å². The van der Waals surface area contributed by atoms with Crippen LogP contribution in [0.5, 0.6) is 0 Å². The first-order valence-corrected chi connectivity index (χ1v) is 12.5. The molecule has 0 aliphatic carbocycles. The first-order valence-electron chi connectivity index (χ1n) is 9.72. The molecule has 3 heterocycles. The van der Waals surface area contributed by atoms with Crippen LogP contribution >= 0.6 is 11.3 Å². The van der Waals surface area contributed by atoms with E-state index >= 15 is 0 Å². The molecule has 1 aromatic heterocycles. The monoisotopic (exact) mass is 388 g/mol. The Morgan fingerprint density at radius 3 is 1.68 bits per heavy atom. The van der Waals surface area contributed by atoms with Gasteiger partial charge < -0.3 is 0 Å². The summed E-state index contributed by atoms with van der Waals surface area (Å²) in [6.07, 6.45) is 0. The molecule has 4 aromatic carbocycles. The third-order valence-electron chi connectivity index (χ3n) is 6.50. The molecule has 0 N–H and O–H groups in total. The van der Waals surface area contributed by atoms with Crippen LogP contribution in [0, 0.1) is 0 Å². The molecule has 0 saturated carbocycles. The SMILES string of the molecule is c1ccc2c(c1)-c1ccccc1[Si]21c2ccccc2-c2sc3ccccc3c21. The Morgan fingerprint density at radius 1 is 0.500 bits per heavy atom. The fraction of sp³-hybridized carbons (Fsp3) is 0. The van der Waals surface area contributed by atoms with Gasteiger partial charge in [-0.1, -0.05) is 91.0 Å². The smallest absolute Gasteiger partial charge is 0.135 e. The van der Waals surface area contributed by atoms with Gasteiger partial charge >= 0.3 is 0 Å². The third-order valence-corrected chi connectivity index (χ3v) is 12.9. The van der Waals surface area contributed by atoms with Crippen LogP contribution in [-0.2, 0) is 0 Å². The Labute approximate surface area is 168 Å². The van der Waals surface area contributed by atoms with E-state index in [0.29, 0.717) is 0 Å². The summed E-state index contributed by atoms with van der Waals surface area (Å²) >= 11 is 1.97. The first-order chi connectivity index (χ1) is 13.9. The molecule has 0 radical (unpaired) electrons. The number of fused-ring (bicyclic) bond motifs is 12. The Kier molecular flexibility index (Phi) is 2.74. The van der Waals surface area contributed by atoms with E-state index in [1.807, 2.05) is 11.3 Å². The summed E-state index contributed by atoms with van der Waals surface area (Å²) in [5.41, 5.74) is 4.32. The molecule has 2 heteroatoms. The normalized spacial score (nSPS) is 14.7. The predicted octanol–water partition coefficient (Wildman–Crippen LogP) is 4.24. The van der Waals surface area contributed by atoms with Gasteiger partial charge in [-0.3, -0.25) is 0 Å². The molecule has 7 rings (SSSR count). The van der Waals surface area contributed by atoms with Crippen molar-refractivity contribution < 1.29 is 0 Å². The van der Waals surface area contributed by atoms with Gasteiger partial charge in [0.15, 0.2) is 8.07 Å². The number of benzene rings is 4. The molecule has 2 aliphatic heterocycles. The summed E-state index contributed by atoms with van der Waals surface area (Å²) in [7, 11) is -2.25. The third kappa shape index (κ3) is 1.55. The molecule has 130 valence electrons. The molecular weight excluding hydrogens is 372 g/mol. The summed E-state index contributed by atoms with van der Waals surface area (Å²) < 4.78 is 1.41. The lowest BCUT2D eigenvalue weighted by atomic mass is 10.1. The molecule has 28 heavy (non-hydrogen) atoms. The van der Waals surface area contributed by atoms with Crippen LogP contribution in [0.4, 0.5) is 0 Å². The summed E-state index contributed by atoms with van der Waals surface area (Å²) in [4.78, 5) is 1.50. The van der Waals surface area contributed by atoms with Crippen LogP contribution in [0.15, 0.2) is 97.1 Å². The summed E-state index contributed by atoms with van der Waals surface area (Å²) in [5.74, 6) is 0. The molecule has 0 nitrogen and oxygen atoms in total. The van der Waals surface area contributed by atoms with Gasteiger partial charge in [0.25, 0.3) is 0 Å². The van der Waals surface area contributed by atoms with Gasteiger partial charge in [-0.15, -0.1) is 11.3 Å². The first kappa shape index (κ1) is 15.0. The topological polar surface area (TPSA) is 0 Å². The molecule has 0 amide bonds. The Bertz CT molecular complexity index is 1380. The van der Waals surface area contributed by atoms with Gasteiger partial charge in [0, 0.05) is 9.58 Å². The van der Waals surface area contributed by atoms with Crippen molar-refractivity contribution in [3.05, 3.63) is 97.1 Å². The van der Waals surface area contributed by atoms with Crippen LogP contribution in [0.2, 0.25) is 0 Å². The van der Waals surface area contributed by atoms with Crippen molar-refractivity contribution in [3.8, 4) is 21.6 Å². The van der Waals surface area contributed by atoms with Crippen molar-refractivity contribution in [2.45, 2.75) is 0 Å². The lowest BCUT2D eigenvalue weighted by molar-refractivity contribution is 1.71. The van der Waals surface area contributed by atoms with E-state index in [0.717, 1.165) is 0 Å². The largest absolute Gasteiger partial charge is 0.183 e. The molecule has 0 bridgehead atoms. The van der Waals surface area contributed by atoms with Crippen LogP contribution in [-0.4, -0.2) is 8.07 Å². The Balaban J connectivity index is 1.78. The molecule has 5 aromatic rings. The van der Waals surface area contributed by atoms with Gasteiger partial charge in [-0.05, 0) is 48.9 Å². The van der Waals surface area contributed by atoms with Gasteiger partial charge in [0.2, 0.25) is 0 Å². The second-order valence-electron chi connectivity index (χ2n) is 7.69. The summed E-state index contributed by atoms with van der Waals surface area (Å²) in [6.45, 7) is 0. The highest BCUT2D eigenvalue weighted by Gasteiger charge is 2.55. The standard InChI is InChI=1S/C26H16SSi/c1-5-13-21-19(11-1)26-25(27-21)20-12-4-8-16-24(20)28(26)22-14-6-2-9-17(22)18-10-3-7-15-23(18)28/h1-16H. The van der Waals surface area contributed by atoms with Gasteiger partial charge in [0.05, 0.1) is 0 Å². The molecular formula is C26H16SSi. The fourth-order valence-electron chi connectivity index (χ4n) is 5.54. The molecule has 0 saturated heterocycles. The Morgan fingerprint density at radius 2 is 1.00 bits per heavy atom. The van der Waals surface area contributed by atoms with Crippen molar-refractivity contribution in [1.82, 2.24) is 0 Å². The second kappa shape index (κ2) is 5.10. The minimum atomic E-state index is -2.25. The average Bonchev–Trinajstić information content (AvgIpc) is 3.37. The van der Waals surface area contributed by atoms with E-state index in [2.05, 4.69) is 97.1 Å². The van der Waals surface area contributed by atoms with E-state index in [1.54, 1.807) is 20.7 Å². The van der Waals surface area contributed by atoms with Crippen LogP contribution in [0.3, 0.4) is 0 Å². The summed E-state index contributed by atoms with van der Waals surface area (Å²) in [5, 5.41) is 7.76. The minimum Gasteiger partial charge on any atom is -0.135 e. The quantitative estimate of drug-likeness (QED) is 0.341. The second-order valence-corrected chi connectivity index (χ2v) is 12.4. The predicted molar refractivity (Wildman–Crippen MR) is 123 cm³/mol. The van der Waals surface area contributed by atoms with Crippen molar-refractivity contribution in [2.75, 3.05) is 0 Å². The molecule has 0 unspecified atom stereocenters. The highest BCUT2D eigenvalue weighted by molar-refractivity contribution is 7.33. The number of rotatable bonds is 0. The van der Waals surface area contributed by atoms with Crippen LogP contribution in [0.1, 0.15) is 0 Å². The summed E-state index contributed by atoms with van der Waals surface area (Å²) in [6, 6.07) is 36.5. The lowest BCUT2D eigenvalue weighted by Gasteiger charge is -2.27. The van der Waals surface area contributed by atoms with E-state index < -0.39 is 8.07 Å². The van der Waals surface area contributed by atoms with Gasteiger partial charge in [0.1, 0.15) is 0 Å². The zero-order chi connectivity index (χ0) is 18.3. The molecule has 1 spiro atoms. The van der Waals surface area contributed by atoms with Crippen molar-refractivity contribution in [2.24, 2.45) is 0 Å². The number of thiophene rings is 1. The number of hydrogen-bond donors (Lipinski definition) is 0. The zero-order valence-electron chi connectivity index (χ0n) is 15.1. The lowest BCUT2D eigenvalue weighted by Crippen LogP contribution is -2.70. The molecule has 2 aliphatic rings. The highest BCUT2D eigenvalue weighted by atomic mass is 32.1. The average molecular weight is 389 g/mol. The van der Waals surface area contributed by atoms with Gasteiger partial charge in [-0.25, -0.2) is 0 Å². The van der Waals surface area contributed by atoms with Gasteiger partial charge in [-0.2, -0.15) is 0 Å². The highest BCUT2D eigenvalue weighted by Crippen LogP contribution is 2.41. The van der Waals surface area contributed by atoms with E-state index in [1.165, 1.54) is 31.7 Å².